The van der Waals surface area contributed by atoms with E-state index in [0.717, 1.165) is 18.2 Å². The minimum Gasteiger partial charge on any atom is -0.385 e. The summed E-state index contributed by atoms with van der Waals surface area (Å²) in [4.78, 5) is 10.0. The first kappa shape index (κ1) is 9.80. The fraction of sp³-hybridized carbons (Fsp3) is 0.222. The predicted octanol–water partition coefficient (Wildman–Crippen LogP) is 1.07. The number of hydrogen-bond donors (Lipinski definition) is 1. The Balaban J connectivity index is 2.86. The molecular weight excluding hydrogens is 178 g/mol. The average Bonchev–Trinajstić information content (AvgIpc) is 2.11. The molecule has 70 valence electrons. The Hall–Kier alpha value is -1.29. The summed E-state index contributed by atoms with van der Waals surface area (Å²) >= 11 is 0. The summed E-state index contributed by atoms with van der Waals surface area (Å²) in [5.41, 5.74) is -0.000370. The van der Waals surface area contributed by atoms with Crippen LogP contribution in [0.5, 0.6) is 0 Å². The van der Waals surface area contributed by atoms with Crippen molar-refractivity contribution in [3.8, 4) is 0 Å². The summed E-state index contributed by atoms with van der Waals surface area (Å²) in [6.45, 7) is 0. The number of aliphatic hydroxyl groups excluding tert-OH is 1. The fourth-order valence-electron chi connectivity index (χ4n) is 0.973. The number of benzene rings is 1. The van der Waals surface area contributed by atoms with Gasteiger partial charge in [-0.05, 0) is 23.8 Å². The summed E-state index contributed by atoms with van der Waals surface area (Å²) in [6, 6.07) is 2.90. The molecule has 13 heavy (non-hydrogen) atoms. The SMILES string of the molecule is O=CC(O)Cc1cc(F)ccc1F. The summed E-state index contributed by atoms with van der Waals surface area (Å²) in [7, 11) is 0. The zero-order valence-corrected chi connectivity index (χ0v) is 6.71. The molecule has 1 unspecified atom stereocenters. The number of aldehydes is 1. The molecule has 1 rings (SSSR count). The monoisotopic (exact) mass is 186 g/mol. The van der Waals surface area contributed by atoms with Gasteiger partial charge in [0.15, 0.2) is 0 Å². The number of carbonyl (C=O) groups is 1. The van der Waals surface area contributed by atoms with Gasteiger partial charge in [0.1, 0.15) is 24.0 Å². The molecule has 1 aromatic carbocycles. The normalized spacial score (nSPS) is 12.5. The first-order chi connectivity index (χ1) is 6.13. The van der Waals surface area contributed by atoms with Gasteiger partial charge in [0.25, 0.3) is 0 Å². The molecule has 0 bridgehead atoms. The Labute approximate surface area is 73.8 Å². The van der Waals surface area contributed by atoms with E-state index in [2.05, 4.69) is 0 Å². The van der Waals surface area contributed by atoms with Crippen LogP contribution in [0.2, 0.25) is 0 Å². The third-order valence-electron chi connectivity index (χ3n) is 1.59. The van der Waals surface area contributed by atoms with Crippen molar-refractivity contribution >= 4 is 6.29 Å². The molecule has 0 aliphatic heterocycles. The van der Waals surface area contributed by atoms with E-state index in [4.69, 9.17) is 5.11 Å². The molecule has 0 saturated heterocycles. The van der Waals surface area contributed by atoms with Gasteiger partial charge in [-0.2, -0.15) is 0 Å². The molecule has 1 aromatic rings. The highest BCUT2D eigenvalue weighted by Crippen LogP contribution is 2.11. The number of halogens is 2. The van der Waals surface area contributed by atoms with Gasteiger partial charge in [0, 0.05) is 6.42 Å². The Morgan fingerprint density at radius 1 is 1.46 bits per heavy atom. The summed E-state index contributed by atoms with van der Waals surface area (Å²) in [5.74, 6) is -1.21. The molecule has 0 heterocycles. The first-order valence-corrected chi connectivity index (χ1v) is 3.71. The molecule has 1 atom stereocenters. The van der Waals surface area contributed by atoms with Gasteiger partial charge in [-0.15, -0.1) is 0 Å². The van der Waals surface area contributed by atoms with E-state index in [-0.39, 0.29) is 18.3 Å². The van der Waals surface area contributed by atoms with E-state index in [9.17, 15) is 13.6 Å². The maximum atomic E-state index is 12.9. The minimum absolute atomic E-state index is 0.000370. The summed E-state index contributed by atoms with van der Waals surface area (Å²) in [6.07, 6.45) is -1.20. The van der Waals surface area contributed by atoms with Gasteiger partial charge in [-0.3, -0.25) is 0 Å². The maximum Gasteiger partial charge on any atom is 0.148 e. The molecule has 1 N–H and O–H groups in total. The second-order valence-corrected chi connectivity index (χ2v) is 2.64. The number of aliphatic hydroxyl groups is 1. The molecule has 2 nitrogen and oxygen atoms in total. The standard InChI is InChI=1S/C9H8F2O2/c10-7-1-2-9(11)6(3-7)4-8(13)5-12/h1-3,5,8,13H,4H2. The molecule has 0 spiro atoms. The Morgan fingerprint density at radius 2 is 2.15 bits per heavy atom. The van der Waals surface area contributed by atoms with Gasteiger partial charge >= 0.3 is 0 Å². The van der Waals surface area contributed by atoms with Gasteiger partial charge in [-0.1, -0.05) is 0 Å². The first-order valence-electron chi connectivity index (χ1n) is 3.71. The van der Waals surface area contributed by atoms with Gasteiger partial charge < -0.3 is 9.90 Å². The van der Waals surface area contributed by atoms with Crippen LogP contribution in [0.15, 0.2) is 18.2 Å². The zero-order valence-electron chi connectivity index (χ0n) is 6.71. The Kier molecular flexibility index (Phi) is 3.08. The largest absolute Gasteiger partial charge is 0.385 e. The van der Waals surface area contributed by atoms with Gasteiger partial charge in [0.05, 0.1) is 0 Å². The van der Waals surface area contributed by atoms with Crippen LogP contribution in [0, 0.1) is 11.6 Å². The molecule has 0 aromatic heterocycles. The molecule has 0 aliphatic carbocycles. The van der Waals surface area contributed by atoms with Crippen LogP contribution in [0.25, 0.3) is 0 Å². The lowest BCUT2D eigenvalue weighted by Gasteiger charge is -2.04. The molecule has 0 aliphatic rings. The smallest absolute Gasteiger partial charge is 0.148 e. The van der Waals surface area contributed by atoms with Gasteiger partial charge in [0.2, 0.25) is 0 Å². The topological polar surface area (TPSA) is 37.3 Å². The number of carbonyl (C=O) groups excluding carboxylic acids is 1. The lowest BCUT2D eigenvalue weighted by Crippen LogP contribution is -2.12. The molecule has 4 heteroatoms. The second kappa shape index (κ2) is 4.09. The van der Waals surface area contributed by atoms with Crippen LogP contribution in [-0.4, -0.2) is 17.5 Å². The van der Waals surface area contributed by atoms with Crippen LogP contribution in [0.1, 0.15) is 5.56 Å². The summed E-state index contributed by atoms with van der Waals surface area (Å²) < 4.78 is 25.4. The average molecular weight is 186 g/mol. The van der Waals surface area contributed by atoms with Crippen molar-refractivity contribution < 1.29 is 18.7 Å². The highest BCUT2D eigenvalue weighted by atomic mass is 19.1. The number of hydrogen-bond acceptors (Lipinski definition) is 2. The highest BCUT2D eigenvalue weighted by molar-refractivity contribution is 5.56. The Morgan fingerprint density at radius 3 is 2.77 bits per heavy atom. The number of rotatable bonds is 3. The van der Waals surface area contributed by atoms with Gasteiger partial charge in [-0.25, -0.2) is 8.78 Å². The van der Waals surface area contributed by atoms with E-state index < -0.39 is 17.7 Å². The van der Waals surface area contributed by atoms with E-state index in [0.29, 0.717) is 0 Å². The Bertz CT molecular complexity index is 312. The van der Waals surface area contributed by atoms with Crippen molar-refractivity contribution in [1.82, 2.24) is 0 Å². The molecular formula is C9H8F2O2. The molecule has 0 amide bonds. The quantitative estimate of drug-likeness (QED) is 0.717. The second-order valence-electron chi connectivity index (χ2n) is 2.64. The maximum absolute atomic E-state index is 12.9. The fourth-order valence-corrected chi connectivity index (χ4v) is 0.973. The minimum atomic E-state index is -1.28. The third-order valence-corrected chi connectivity index (χ3v) is 1.59. The summed E-state index contributed by atoms with van der Waals surface area (Å²) in [5, 5.41) is 8.87. The zero-order chi connectivity index (χ0) is 9.84. The van der Waals surface area contributed by atoms with Crippen molar-refractivity contribution in [2.75, 3.05) is 0 Å². The molecule has 0 radical (unpaired) electrons. The van der Waals surface area contributed by atoms with Crippen LogP contribution < -0.4 is 0 Å². The molecule has 0 fully saturated rings. The lowest BCUT2D eigenvalue weighted by molar-refractivity contribution is -0.114. The van der Waals surface area contributed by atoms with Crippen LogP contribution in [-0.2, 0) is 11.2 Å². The van der Waals surface area contributed by atoms with Crippen molar-refractivity contribution in [2.24, 2.45) is 0 Å². The van der Waals surface area contributed by atoms with Crippen LogP contribution in [0.4, 0.5) is 8.78 Å². The third kappa shape index (κ3) is 2.59. The van der Waals surface area contributed by atoms with E-state index in [1.165, 1.54) is 0 Å². The van der Waals surface area contributed by atoms with Crippen LogP contribution >= 0.6 is 0 Å². The lowest BCUT2D eigenvalue weighted by atomic mass is 10.1. The van der Waals surface area contributed by atoms with Crippen molar-refractivity contribution in [2.45, 2.75) is 12.5 Å². The van der Waals surface area contributed by atoms with E-state index >= 15 is 0 Å². The van der Waals surface area contributed by atoms with Crippen molar-refractivity contribution in [3.63, 3.8) is 0 Å². The van der Waals surface area contributed by atoms with Crippen molar-refractivity contribution in [3.05, 3.63) is 35.4 Å². The predicted molar refractivity (Wildman–Crippen MR) is 42.1 cm³/mol. The van der Waals surface area contributed by atoms with Crippen LogP contribution in [0.3, 0.4) is 0 Å². The van der Waals surface area contributed by atoms with Crippen molar-refractivity contribution in [1.29, 1.82) is 0 Å². The van der Waals surface area contributed by atoms with E-state index in [1.807, 2.05) is 0 Å². The highest BCUT2D eigenvalue weighted by Gasteiger charge is 2.08. The molecule has 0 saturated carbocycles. The van der Waals surface area contributed by atoms with E-state index in [1.54, 1.807) is 0 Å².